The van der Waals surface area contributed by atoms with Gasteiger partial charge in [0.25, 0.3) is 11.8 Å². The van der Waals surface area contributed by atoms with Gasteiger partial charge in [0.2, 0.25) is 0 Å². The van der Waals surface area contributed by atoms with Gasteiger partial charge in [-0.3, -0.25) is 19.6 Å². The Hall–Kier alpha value is -3.95. The van der Waals surface area contributed by atoms with Gasteiger partial charge in [0.1, 0.15) is 11.4 Å². The fourth-order valence-electron chi connectivity index (χ4n) is 6.89. The van der Waals surface area contributed by atoms with Crippen LogP contribution in [0.1, 0.15) is 125 Å². The van der Waals surface area contributed by atoms with Gasteiger partial charge >= 0.3 is 0 Å². The highest BCUT2D eigenvalue weighted by atomic mass is 16.2. The first-order chi connectivity index (χ1) is 21.1. The molecule has 1 aliphatic carbocycles. The van der Waals surface area contributed by atoms with Gasteiger partial charge < -0.3 is 10.2 Å². The molecule has 1 atom stereocenters. The molecule has 45 heavy (non-hydrogen) atoms. The normalized spacial score (nSPS) is 21.2. The van der Waals surface area contributed by atoms with Crippen LogP contribution in [0.5, 0.6) is 0 Å². The van der Waals surface area contributed by atoms with Gasteiger partial charge in [-0.05, 0) is 98.9 Å². The first kappa shape index (κ1) is 32.4. The van der Waals surface area contributed by atoms with Gasteiger partial charge in [-0.25, -0.2) is 0 Å². The number of tetrazole rings is 1. The van der Waals surface area contributed by atoms with E-state index in [2.05, 4.69) is 77.4 Å². The number of aromatic nitrogens is 5. The predicted octanol–water partition coefficient (Wildman–Crippen LogP) is 6.27. The molecule has 0 saturated heterocycles. The van der Waals surface area contributed by atoms with Gasteiger partial charge in [-0.2, -0.15) is 5.21 Å². The van der Waals surface area contributed by atoms with Crippen LogP contribution >= 0.6 is 0 Å². The first-order valence-corrected chi connectivity index (χ1v) is 16.1. The molecule has 3 aromatic rings. The Morgan fingerprint density at radius 1 is 1.04 bits per heavy atom. The number of nitrogens with zero attached hydrogens (tertiary/aromatic N) is 6. The molecule has 3 heterocycles. The lowest BCUT2D eigenvalue weighted by Gasteiger charge is -2.47. The van der Waals surface area contributed by atoms with E-state index in [9.17, 15) is 9.59 Å². The third-order valence-corrected chi connectivity index (χ3v) is 9.39. The molecule has 0 radical (unpaired) electrons. The zero-order valence-corrected chi connectivity index (χ0v) is 28.1. The van der Waals surface area contributed by atoms with Crippen molar-refractivity contribution >= 4 is 17.5 Å². The molecule has 2 N–H and O–H groups in total. The maximum absolute atomic E-state index is 14.7. The van der Waals surface area contributed by atoms with Crippen LogP contribution in [-0.2, 0) is 11.3 Å². The zero-order valence-electron chi connectivity index (χ0n) is 28.1. The summed E-state index contributed by atoms with van der Waals surface area (Å²) in [6, 6.07) is 11.4. The van der Waals surface area contributed by atoms with E-state index in [1.165, 1.54) is 0 Å². The second-order valence-corrected chi connectivity index (χ2v) is 15.1. The number of amides is 2. The molecule has 0 unspecified atom stereocenters. The maximum atomic E-state index is 14.7. The highest BCUT2D eigenvalue weighted by Crippen LogP contribution is 2.50. The maximum Gasteiger partial charge on any atom is 0.275 e. The number of H-pyrrole nitrogens is 1. The molecule has 1 aromatic carbocycles. The Morgan fingerprint density at radius 2 is 1.69 bits per heavy atom. The summed E-state index contributed by atoms with van der Waals surface area (Å²) in [4.78, 5) is 39.6. The van der Waals surface area contributed by atoms with Gasteiger partial charge in [-0.1, -0.05) is 58.9 Å². The Labute approximate surface area is 266 Å². The lowest BCUT2D eigenvalue weighted by molar-refractivity contribution is -0.134. The topological polar surface area (TPSA) is 129 Å². The minimum Gasteiger partial charge on any atom is -0.345 e. The summed E-state index contributed by atoms with van der Waals surface area (Å²) >= 11 is 0. The van der Waals surface area contributed by atoms with Gasteiger partial charge in [-0.15, -0.1) is 10.2 Å². The van der Waals surface area contributed by atoms with Crippen LogP contribution in [-0.4, -0.2) is 53.7 Å². The van der Waals surface area contributed by atoms with Gasteiger partial charge in [0, 0.05) is 22.5 Å². The molecule has 10 nitrogen and oxygen atoms in total. The molecular formula is C35H48N8O2. The SMILES string of the molecule is Cc1cc(C2=NC3(CCC(C(C)(C)C)CC3)N([C@H](CCC(C)(C)C)c3ccc(C(=O)NCc4nn[nH]n4)cc3)C2=O)cc(C)n1. The lowest BCUT2D eigenvalue weighted by Crippen LogP contribution is -2.51. The van der Waals surface area contributed by atoms with Crippen molar-refractivity contribution in [2.75, 3.05) is 0 Å². The molecule has 2 aromatic heterocycles. The summed E-state index contributed by atoms with van der Waals surface area (Å²) < 4.78 is 0. The molecule has 0 bridgehead atoms. The average molecular weight is 613 g/mol. The minimum absolute atomic E-state index is 0.0185. The fraction of sp³-hybridized carbons (Fsp3) is 0.571. The van der Waals surface area contributed by atoms with E-state index in [0.717, 1.165) is 61.0 Å². The molecule has 1 saturated carbocycles. The van der Waals surface area contributed by atoms with Crippen LogP contribution < -0.4 is 5.32 Å². The number of benzene rings is 1. The number of carbonyl (C=O) groups excluding carboxylic acids is 2. The third kappa shape index (κ3) is 7.31. The number of pyridine rings is 1. The van der Waals surface area contributed by atoms with E-state index in [1.54, 1.807) is 0 Å². The minimum atomic E-state index is -0.609. The monoisotopic (exact) mass is 612 g/mol. The van der Waals surface area contributed by atoms with Gasteiger partial charge in [0.15, 0.2) is 5.82 Å². The van der Waals surface area contributed by atoms with Crippen molar-refractivity contribution in [1.29, 1.82) is 0 Å². The standard InChI is InChI=1S/C35H48N8O2/c1-22-19-26(20-23(2)37-22)30-32(45)43(35(38-30)17-13-27(14-18-35)34(6,7)8)28(15-16-33(3,4)5)24-9-11-25(12-10-24)31(44)36-21-29-39-41-42-40-29/h9-12,19-20,27-28H,13-18,21H2,1-8H3,(H,36,44)(H,39,40,41,42)/t27?,28-,35?/m1/s1. The van der Waals surface area contributed by atoms with E-state index in [0.29, 0.717) is 23.0 Å². The van der Waals surface area contributed by atoms with E-state index in [-0.39, 0.29) is 35.2 Å². The highest BCUT2D eigenvalue weighted by Gasteiger charge is 2.52. The third-order valence-electron chi connectivity index (χ3n) is 9.39. The van der Waals surface area contributed by atoms with Crippen LogP contribution in [0.15, 0.2) is 41.4 Å². The second kappa shape index (κ2) is 12.4. The summed E-state index contributed by atoms with van der Waals surface area (Å²) in [5, 5.41) is 16.6. The largest absolute Gasteiger partial charge is 0.345 e. The first-order valence-electron chi connectivity index (χ1n) is 16.1. The number of rotatable bonds is 8. The number of aromatic amines is 1. The molecule has 5 rings (SSSR count). The number of hydrogen-bond donors (Lipinski definition) is 2. The Morgan fingerprint density at radius 3 is 2.24 bits per heavy atom. The van der Waals surface area contributed by atoms with E-state index < -0.39 is 5.66 Å². The second-order valence-electron chi connectivity index (χ2n) is 15.1. The number of carbonyl (C=O) groups is 2. The summed E-state index contributed by atoms with van der Waals surface area (Å²) in [6.45, 7) is 17.8. The van der Waals surface area contributed by atoms with Crippen LogP contribution in [0.2, 0.25) is 0 Å². The Bertz CT molecular complexity index is 1520. The quantitative estimate of drug-likeness (QED) is 0.308. The molecular weight excluding hydrogens is 564 g/mol. The molecule has 1 spiro atoms. The molecule has 1 fully saturated rings. The molecule has 1 aliphatic heterocycles. The fourth-order valence-corrected chi connectivity index (χ4v) is 6.89. The number of hydrogen-bond acceptors (Lipinski definition) is 7. The van der Waals surface area contributed by atoms with Crippen molar-refractivity contribution in [1.82, 2.24) is 35.8 Å². The smallest absolute Gasteiger partial charge is 0.275 e. The molecule has 10 heteroatoms. The van der Waals surface area contributed by atoms with Crippen molar-refractivity contribution < 1.29 is 9.59 Å². The zero-order chi connectivity index (χ0) is 32.6. The van der Waals surface area contributed by atoms with E-state index in [1.807, 2.05) is 50.2 Å². The predicted molar refractivity (Wildman–Crippen MR) is 174 cm³/mol. The number of nitrogens with one attached hydrogen (secondary N) is 2. The van der Waals surface area contributed by atoms with Crippen molar-refractivity contribution in [3.05, 3.63) is 70.3 Å². The summed E-state index contributed by atoms with van der Waals surface area (Å²) in [5.74, 6) is 0.746. The van der Waals surface area contributed by atoms with Crippen LogP contribution in [0.25, 0.3) is 0 Å². The number of aliphatic imine (C=N–C) groups is 1. The lowest BCUT2D eigenvalue weighted by atomic mass is 9.69. The van der Waals surface area contributed by atoms with Crippen LogP contribution in [0, 0.1) is 30.6 Å². The Balaban J connectivity index is 1.51. The van der Waals surface area contributed by atoms with Gasteiger partial charge in [0.05, 0.1) is 12.6 Å². The van der Waals surface area contributed by atoms with E-state index in [4.69, 9.17) is 4.99 Å². The van der Waals surface area contributed by atoms with E-state index >= 15 is 0 Å². The average Bonchev–Trinajstić information content (AvgIpc) is 3.58. The van der Waals surface area contributed by atoms with Crippen molar-refractivity contribution in [2.24, 2.45) is 21.7 Å². The highest BCUT2D eigenvalue weighted by molar-refractivity contribution is 6.46. The Kier molecular flexibility index (Phi) is 8.97. The van der Waals surface area contributed by atoms with Crippen molar-refractivity contribution in [3.8, 4) is 0 Å². The molecule has 240 valence electrons. The summed E-state index contributed by atoms with van der Waals surface area (Å²) in [7, 11) is 0. The molecule has 2 aliphatic rings. The summed E-state index contributed by atoms with van der Waals surface area (Å²) in [5.41, 5.74) is 4.35. The van der Waals surface area contributed by atoms with Crippen molar-refractivity contribution in [2.45, 2.75) is 112 Å². The van der Waals surface area contributed by atoms with Crippen LogP contribution in [0.3, 0.4) is 0 Å². The molecule has 2 amide bonds. The van der Waals surface area contributed by atoms with Crippen LogP contribution in [0.4, 0.5) is 0 Å². The number of aryl methyl sites for hydroxylation is 2. The summed E-state index contributed by atoms with van der Waals surface area (Å²) in [6.07, 6.45) is 5.41. The van der Waals surface area contributed by atoms with Crippen molar-refractivity contribution in [3.63, 3.8) is 0 Å².